The van der Waals surface area contributed by atoms with Crippen molar-refractivity contribution in [3.63, 3.8) is 0 Å². The van der Waals surface area contributed by atoms with Crippen LogP contribution in [0.3, 0.4) is 0 Å². The SMILES string of the molecule is CCn1c(SCC(=O)c2ccc(OC)c(Cl)c2)nnc1-c1ccc(OC)cc1. The Morgan fingerprint density at radius 1 is 1.11 bits per heavy atom. The zero-order chi connectivity index (χ0) is 20.1. The number of carbonyl (C=O) groups is 1. The fourth-order valence-electron chi connectivity index (χ4n) is 2.69. The van der Waals surface area contributed by atoms with Crippen LogP contribution in [0.15, 0.2) is 47.6 Å². The van der Waals surface area contributed by atoms with E-state index in [4.69, 9.17) is 21.1 Å². The van der Waals surface area contributed by atoms with E-state index in [1.54, 1.807) is 25.3 Å². The van der Waals surface area contributed by atoms with Crippen molar-refractivity contribution in [1.29, 1.82) is 0 Å². The Hall–Kier alpha value is -2.51. The predicted octanol–water partition coefficient (Wildman–Crippen LogP) is 4.61. The minimum atomic E-state index is -0.0359. The molecule has 0 N–H and O–H groups in total. The molecule has 146 valence electrons. The Labute approximate surface area is 172 Å². The Morgan fingerprint density at radius 2 is 1.86 bits per heavy atom. The number of ketones is 1. The molecular weight excluding hydrogens is 398 g/mol. The van der Waals surface area contributed by atoms with Gasteiger partial charge >= 0.3 is 0 Å². The molecule has 8 heteroatoms. The molecule has 0 unspecified atom stereocenters. The molecule has 0 spiro atoms. The van der Waals surface area contributed by atoms with Crippen LogP contribution in [-0.2, 0) is 6.54 Å². The second-order valence-corrected chi connectivity index (χ2v) is 7.19. The summed E-state index contributed by atoms with van der Waals surface area (Å²) in [7, 11) is 3.17. The van der Waals surface area contributed by atoms with Gasteiger partial charge < -0.3 is 14.0 Å². The molecule has 0 saturated carbocycles. The van der Waals surface area contributed by atoms with Gasteiger partial charge in [-0.15, -0.1) is 10.2 Å². The van der Waals surface area contributed by atoms with Crippen molar-refractivity contribution >= 4 is 29.1 Å². The number of Topliss-reactive ketones (excluding diaryl/α,β-unsaturated/α-hetero) is 1. The van der Waals surface area contributed by atoms with Crippen molar-refractivity contribution in [2.24, 2.45) is 0 Å². The van der Waals surface area contributed by atoms with Crippen molar-refractivity contribution in [1.82, 2.24) is 14.8 Å². The second kappa shape index (κ2) is 9.12. The van der Waals surface area contributed by atoms with Crippen molar-refractivity contribution in [2.75, 3.05) is 20.0 Å². The highest BCUT2D eigenvalue weighted by atomic mass is 35.5. The second-order valence-electron chi connectivity index (χ2n) is 5.84. The molecule has 0 amide bonds. The van der Waals surface area contributed by atoms with Crippen LogP contribution < -0.4 is 9.47 Å². The number of benzene rings is 2. The number of rotatable bonds is 8. The van der Waals surface area contributed by atoms with Gasteiger partial charge in [-0.2, -0.15) is 0 Å². The lowest BCUT2D eigenvalue weighted by atomic mass is 10.1. The predicted molar refractivity (Wildman–Crippen MR) is 111 cm³/mol. The normalized spacial score (nSPS) is 10.7. The summed E-state index contributed by atoms with van der Waals surface area (Å²) in [5, 5.41) is 9.67. The minimum Gasteiger partial charge on any atom is -0.497 e. The van der Waals surface area contributed by atoms with Crippen LogP contribution in [0.2, 0.25) is 5.02 Å². The molecule has 0 saturated heterocycles. The number of methoxy groups -OCH3 is 2. The topological polar surface area (TPSA) is 66.2 Å². The Balaban J connectivity index is 1.75. The number of halogens is 1. The third-order valence-corrected chi connectivity index (χ3v) is 5.45. The van der Waals surface area contributed by atoms with Gasteiger partial charge in [-0.1, -0.05) is 23.4 Å². The van der Waals surface area contributed by atoms with Crippen LogP contribution in [0.4, 0.5) is 0 Å². The van der Waals surface area contributed by atoms with E-state index < -0.39 is 0 Å². The molecular formula is C20H20ClN3O3S. The molecule has 0 aliphatic rings. The first-order valence-corrected chi connectivity index (χ1v) is 10.0. The summed E-state index contributed by atoms with van der Waals surface area (Å²) in [6.07, 6.45) is 0. The highest BCUT2D eigenvalue weighted by Gasteiger charge is 2.16. The lowest BCUT2D eigenvalue weighted by Gasteiger charge is -2.08. The highest BCUT2D eigenvalue weighted by molar-refractivity contribution is 7.99. The van der Waals surface area contributed by atoms with Crippen molar-refractivity contribution in [3.8, 4) is 22.9 Å². The van der Waals surface area contributed by atoms with E-state index in [9.17, 15) is 4.79 Å². The van der Waals surface area contributed by atoms with Crippen molar-refractivity contribution in [3.05, 3.63) is 53.1 Å². The molecule has 1 heterocycles. The highest BCUT2D eigenvalue weighted by Crippen LogP contribution is 2.28. The van der Waals surface area contributed by atoms with E-state index in [1.165, 1.54) is 18.9 Å². The summed E-state index contributed by atoms with van der Waals surface area (Å²) in [5.41, 5.74) is 1.48. The molecule has 0 atom stereocenters. The van der Waals surface area contributed by atoms with Gasteiger partial charge in [-0.05, 0) is 49.4 Å². The van der Waals surface area contributed by atoms with Gasteiger partial charge in [0.1, 0.15) is 11.5 Å². The van der Waals surface area contributed by atoms with Crippen molar-refractivity contribution < 1.29 is 14.3 Å². The Morgan fingerprint density at radius 3 is 2.46 bits per heavy atom. The van der Waals surface area contributed by atoms with Gasteiger partial charge in [0, 0.05) is 17.7 Å². The van der Waals surface area contributed by atoms with Gasteiger partial charge in [0.25, 0.3) is 0 Å². The molecule has 6 nitrogen and oxygen atoms in total. The molecule has 2 aromatic carbocycles. The lowest BCUT2D eigenvalue weighted by Crippen LogP contribution is -2.05. The zero-order valence-electron chi connectivity index (χ0n) is 15.8. The number of thioether (sulfide) groups is 1. The summed E-state index contributed by atoms with van der Waals surface area (Å²) in [6, 6.07) is 12.7. The minimum absolute atomic E-state index is 0.0359. The Bertz CT molecular complexity index is 973. The van der Waals surface area contributed by atoms with E-state index in [-0.39, 0.29) is 11.5 Å². The van der Waals surface area contributed by atoms with E-state index in [2.05, 4.69) is 10.2 Å². The third kappa shape index (κ3) is 4.31. The van der Waals surface area contributed by atoms with Gasteiger partial charge in [-0.25, -0.2) is 0 Å². The summed E-state index contributed by atoms with van der Waals surface area (Å²) in [6.45, 7) is 2.71. The first kappa shape index (κ1) is 20.2. The van der Waals surface area contributed by atoms with Crippen molar-refractivity contribution in [2.45, 2.75) is 18.6 Å². The average Bonchev–Trinajstić information content (AvgIpc) is 3.14. The van der Waals surface area contributed by atoms with E-state index in [0.29, 0.717) is 28.0 Å². The van der Waals surface area contributed by atoms with Crippen LogP contribution in [0.25, 0.3) is 11.4 Å². The Kier molecular flexibility index (Phi) is 6.59. The van der Waals surface area contributed by atoms with Crippen LogP contribution in [-0.4, -0.2) is 40.5 Å². The number of carbonyl (C=O) groups excluding carboxylic acids is 1. The third-order valence-electron chi connectivity index (χ3n) is 4.19. The first-order valence-electron chi connectivity index (χ1n) is 8.64. The van der Waals surface area contributed by atoms with E-state index in [1.807, 2.05) is 35.8 Å². The molecule has 0 aliphatic heterocycles. The van der Waals surface area contributed by atoms with E-state index >= 15 is 0 Å². The fraction of sp³-hybridized carbons (Fsp3) is 0.250. The fourth-order valence-corrected chi connectivity index (χ4v) is 3.84. The molecule has 28 heavy (non-hydrogen) atoms. The zero-order valence-corrected chi connectivity index (χ0v) is 17.4. The van der Waals surface area contributed by atoms with E-state index in [0.717, 1.165) is 17.1 Å². The monoisotopic (exact) mass is 417 g/mol. The van der Waals surface area contributed by atoms with Crippen LogP contribution >= 0.6 is 23.4 Å². The largest absolute Gasteiger partial charge is 0.497 e. The molecule has 1 aromatic heterocycles. The van der Waals surface area contributed by atoms with Gasteiger partial charge in [0.2, 0.25) is 0 Å². The molecule has 0 bridgehead atoms. The maximum Gasteiger partial charge on any atom is 0.191 e. The standard InChI is InChI=1S/C20H20ClN3O3S/c1-4-24-19(13-5-8-15(26-2)9-6-13)22-23-20(24)28-12-17(25)14-7-10-18(27-3)16(21)11-14/h5-11H,4,12H2,1-3H3. The van der Waals surface area contributed by atoms with Crippen LogP contribution in [0, 0.1) is 0 Å². The lowest BCUT2D eigenvalue weighted by molar-refractivity contribution is 0.102. The summed E-state index contributed by atoms with van der Waals surface area (Å²) < 4.78 is 12.3. The number of nitrogens with zero attached hydrogens (tertiary/aromatic N) is 3. The number of aromatic nitrogens is 3. The average molecular weight is 418 g/mol. The molecule has 0 radical (unpaired) electrons. The first-order chi connectivity index (χ1) is 13.6. The smallest absolute Gasteiger partial charge is 0.191 e. The maximum absolute atomic E-state index is 12.5. The summed E-state index contributed by atoms with van der Waals surface area (Å²) >= 11 is 7.47. The number of hydrogen-bond donors (Lipinski definition) is 0. The maximum atomic E-state index is 12.5. The van der Waals surface area contributed by atoms with Gasteiger partial charge in [-0.3, -0.25) is 4.79 Å². The number of ether oxygens (including phenoxy) is 2. The summed E-state index contributed by atoms with van der Waals surface area (Å²) in [5.74, 6) is 2.29. The number of hydrogen-bond acceptors (Lipinski definition) is 6. The van der Waals surface area contributed by atoms with Crippen LogP contribution in [0.1, 0.15) is 17.3 Å². The molecule has 3 aromatic rings. The summed E-state index contributed by atoms with van der Waals surface area (Å²) in [4.78, 5) is 12.5. The van der Waals surface area contributed by atoms with Crippen LogP contribution in [0.5, 0.6) is 11.5 Å². The van der Waals surface area contributed by atoms with Gasteiger partial charge in [0.15, 0.2) is 16.8 Å². The van der Waals surface area contributed by atoms with Gasteiger partial charge in [0.05, 0.1) is 25.0 Å². The molecule has 0 aliphatic carbocycles. The molecule has 0 fully saturated rings. The quantitative estimate of drug-likeness (QED) is 0.394. The molecule has 3 rings (SSSR count).